The quantitative estimate of drug-likeness (QED) is 0.898. The number of morpholine rings is 1. The summed E-state index contributed by atoms with van der Waals surface area (Å²) in [4.78, 5) is 2.41. The molecule has 118 valence electrons. The van der Waals surface area contributed by atoms with Gasteiger partial charge < -0.3 is 15.4 Å². The molecule has 1 aliphatic rings. The van der Waals surface area contributed by atoms with E-state index in [2.05, 4.69) is 66.7 Å². The van der Waals surface area contributed by atoms with Crippen LogP contribution in [0.5, 0.6) is 0 Å². The van der Waals surface area contributed by atoms with Gasteiger partial charge in [0.15, 0.2) is 0 Å². The topological polar surface area (TPSA) is 38.5 Å². The fraction of sp³-hybridized carbons (Fsp3) is 0.647. The minimum absolute atomic E-state index is 0.140. The summed E-state index contributed by atoms with van der Waals surface area (Å²) >= 11 is 3.69. The molecular weight excluding hydrogens is 328 g/mol. The largest absolute Gasteiger partial charge is 0.366 e. The van der Waals surface area contributed by atoms with Crippen LogP contribution in [0.4, 0.5) is 5.69 Å². The molecule has 0 bridgehead atoms. The van der Waals surface area contributed by atoms with E-state index in [4.69, 9.17) is 10.5 Å². The number of halogens is 1. The van der Waals surface area contributed by atoms with Crippen molar-refractivity contribution in [3.05, 3.63) is 28.2 Å². The molecule has 1 saturated heterocycles. The molecule has 0 amide bonds. The minimum atomic E-state index is -0.140. The molecule has 1 aromatic rings. The number of hydrogen-bond donors (Lipinski definition) is 1. The van der Waals surface area contributed by atoms with Crippen molar-refractivity contribution in [3.63, 3.8) is 0 Å². The van der Waals surface area contributed by atoms with Gasteiger partial charge in [0.2, 0.25) is 0 Å². The lowest BCUT2D eigenvalue weighted by atomic mass is 9.98. The van der Waals surface area contributed by atoms with Crippen molar-refractivity contribution in [3.8, 4) is 0 Å². The summed E-state index contributed by atoms with van der Waals surface area (Å²) in [7, 11) is 0. The molecule has 21 heavy (non-hydrogen) atoms. The summed E-state index contributed by atoms with van der Waals surface area (Å²) < 4.78 is 7.29. The highest BCUT2D eigenvalue weighted by atomic mass is 79.9. The first-order valence-corrected chi connectivity index (χ1v) is 8.36. The molecule has 1 atom stereocenters. The van der Waals surface area contributed by atoms with Gasteiger partial charge in [-0.15, -0.1) is 0 Å². The van der Waals surface area contributed by atoms with E-state index >= 15 is 0 Å². The summed E-state index contributed by atoms with van der Waals surface area (Å²) in [6.07, 6.45) is 0.890. The molecule has 4 heteroatoms. The zero-order valence-corrected chi connectivity index (χ0v) is 15.3. The Kier molecular flexibility index (Phi) is 4.72. The predicted octanol–water partition coefficient (Wildman–Crippen LogP) is 3.73. The van der Waals surface area contributed by atoms with Crippen LogP contribution < -0.4 is 10.6 Å². The Morgan fingerprint density at radius 2 is 1.81 bits per heavy atom. The van der Waals surface area contributed by atoms with Crippen LogP contribution in [-0.4, -0.2) is 30.3 Å². The maximum atomic E-state index is 6.15. The van der Waals surface area contributed by atoms with Crippen molar-refractivity contribution in [2.75, 3.05) is 18.0 Å². The van der Waals surface area contributed by atoms with Crippen LogP contribution in [-0.2, 0) is 11.2 Å². The second-order valence-electron chi connectivity index (χ2n) is 7.43. The van der Waals surface area contributed by atoms with E-state index in [1.807, 2.05) is 6.92 Å². The van der Waals surface area contributed by atoms with Gasteiger partial charge in [-0.05, 0) is 58.7 Å². The average Bonchev–Trinajstić information content (AvgIpc) is 2.27. The van der Waals surface area contributed by atoms with Crippen LogP contribution in [0.25, 0.3) is 0 Å². The standard InChI is InChI=1S/C17H27BrN2O/c1-12(19)8-13-6-7-14(9-15(13)18)20-10-16(2,3)21-17(4,5)11-20/h6-7,9,12H,8,10-11,19H2,1-5H3. The first-order valence-electron chi connectivity index (χ1n) is 7.57. The van der Waals surface area contributed by atoms with E-state index in [0.717, 1.165) is 24.0 Å². The zero-order valence-electron chi connectivity index (χ0n) is 13.7. The van der Waals surface area contributed by atoms with E-state index in [1.54, 1.807) is 0 Å². The molecular formula is C17H27BrN2O. The number of anilines is 1. The molecule has 0 saturated carbocycles. The molecule has 0 radical (unpaired) electrons. The predicted molar refractivity (Wildman–Crippen MR) is 93.0 cm³/mol. The summed E-state index contributed by atoms with van der Waals surface area (Å²) in [5, 5.41) is 0. The second-order valence-corrected chi connectivity index (χ2v) is 8.29. The number of ether oxygens (including phenoxy) is 1. The zero-order chi connectivity index (χ0) is 15.8. The Labute approximate surface area is 137 Å². The normalized spacial score (nSPS) is 22.1. The number of hydrogen-bond acceptors (Lipinski definition) is 3. The third-order valence-corrected chi connectivity index (χ3v) is 4.38. The monoisotopic (exact) mass is 354 g/mol. The van der Waals surface area contributed by atoms with Crippen molar-refractivity contribution in [1.82, 2.24) is 0 Å². The van der Waals surface area contributed by atoms with Crippen LogP contribution in [0.2, 0.25) is 0 Å². The highest BCUT2D eigenvalue weighted by Crippen LogP contribution is 2.33. The fourth-order valence-corrected chi connectivity index (χ4v) is 3.74. The van der Waals surface area contributed by atoms with Crippen LogP contribution in [0, 0.1) is 0 Å². The van der Waals surface area contributed by atoms with Gasteiger partial charge in [0.1, 0.15) is 0 Å². The SMILES string of the molecule is CC(N)Cc1ccc(N2CC(C)(C)OC(C)(C)C2)cc1Br. The molecule has 1 fully saturated rings. The first kappa shape index (κ1) is 16.8. The van der Waals surface area contributed by atoms with Gasteiger partial charge >= 0.3 is 0 Å². The summed E-state index contributed by atoms with van der Waals surface area (Å²) in [5.41, 5.74) is 8.12. The molecule has 3 nitrogen and oxygen atoms in total. The molecule has 1 aliphatic heterocycles. The molecule has 0 aliphatic carbocycles. The molecule has 0 spiro atoms. The van der Waals surface area contributed by atoms with Crippen molar-refractivity contribution >= 4 is 21.6 Å². The Hall–Kier alpha value is -0.580. The number of nitrogens with zero attached hydrogens (tertiary/aromatic N) is 1. The first-order chi connectivity index (χ1) is 9.58. The minimum Gasteiger partial charge on any atom is -0.366 e. The average molecular weight is 355 g/mol. The van der Waals surface area contributed by atoms with Crippen LogP contribution in [0.1, 0.15) is 40.2 Å². The van der Waals surface area contributed by atoms with E-state index in [0.29, 0.717) is 0 Å². The summed E-state index contributed by atoms with van der Waals surface area (Å²) in [5.74, 6) is 0. The van der Waals surface area contributed by atoms with Gasteiger partial charge in [0, 0.05) is 29.3 Å². The van der Waals surface area contributed by atoms with Gasteiger partial charge in [-0.3, -0.25) is 0 Å². The summed E-state index contributed by atoms with van der Waals surface area (Å²) in [6, 6.07) is 6.75. The molecule has 1 aromatic carbocycles. The van der Waals surface area contributed by atoms with Gasteiger partial charge in [-0.1, -0.05) is 22.0 Å². The summed E-state index contributed by atoms with van der Waals surface area (Å²) in [6.45, 7) is 12.4. The molecule has 1 heterocycles. The molecule has 1 unspecified atom stereocenters. The van der Waals surface area contributed by atoms with E-state index in [-0.39, 0.29) is 17.2 Å². The van der Waals surface area contributed by atoms with Crippen LogP contribution in [0.15, 0.2) is 22.7 Å². The second kappa shape index (κ2) is 5.90. The van der Waals surface area contributed by atoms with Gasteiger partial charge in [0.05, 0.1) is 11.2 Å². The highest BCUT2D eigenvalue weighted by molar-refractivity contribution is 9.10. The van der Waals surface area contributed by atoms with Crippen LogP contribution in [0.3, 0.4) is 0 Å². The maximum absolute atomic E-state index is 6.15. The molecule has 2 rings (SSSR count). The number of rotatable bonds is 3. The fourth-order valence-electron chi connectivity index (χ4n) is 3.22. The van der Waals surface area contributed by atoms with Crippen molar-refractivity contribution in [2.45, 2.75) is 58.3 Å². The van der Waals surface area contributed by atoms with Crippen molar-refractivity contribution in [1.29, 1.82) is 0 Å². The van der Waals surface area contributed by atoms with E-state index in [9.17, 15) is 0 Å². The van der Waals surface area contributed by atoms with Gasteiger partial charge in [0.25, 0.3) is 0 Å². The third-order valence-electron chi connectivity index (χ3n) is 3.64. The van der Waals surface area contributed by atoms with Gasteiger partial charge in [-0.2, -0.15) is 0 Å². The lowest BCUT2D eigenvalue weighted by Crippen LogP contribution is -2.57. The molecule has 0 aromatic heterocycles. The Balaban J connectivity index is 2.23. The van der Waals surface area contributed by atoms with Crippen molar-refractivity contribution in [2.24, 2.45) is 5.73 Å². The highest BCUT2D eigenvalue weighted by Gasteiger charge is 2.38. The molecule has 2 N–H and O–H groups in total. The lowest BCUT2D eigenvalue weighted by molar-refractivity contribution is -0.133. The Morgan fingerprint density at radius 3 is 2.29 bits per heavy atom. The lowest BCUT2D eigenvalue weighted by Gasteiger charge is -2.48. The number of nitrogens with two attached hydrogens (primary N) is 1. The van der Waals surface area contributed by atoms with Gasteiger partial charge in [-0.25, -0.2) is 0 Å². The Bertz CT molecular complexity index is 496. The third kappa shape index (κ3) is 4.44. The smallest absolute Gasteiger partial charge is 0.0808 e. The van der Waals surface area contributed by atoms with Crippen molar-refractivity contribution < 1.29 is 4.74 Å². The van der Waals surface area contributed by atoms with E-state index in [1.165, 1.54) is 11.3 Å². The Morgan fingerprint density at radius 1 is 1.24 bits per heavy atom. The maximum Gasteiger partial charge on any atom is 0.0808 e. The van der Waals surface area contributed by atoms with E-state index < -0.39 is 0 Å². The number of benzene rings is 1. The van der Waals surface area contributed by atoms with Crippen LogP contribution >= 0.6 is 15.9 Å².